The fourth-order valence-electron chi connectivity index (χ4n) is 3.65. The van der Waals surface area contributed by atoms with Crippen LogP contribution in [0.5, 0.6) is 0 Å². The second kappa shape index (κ2) is 8.61. The Hall–Kier alpha value is -3.28. The first-order chi connectivity index (χ1) is 14.5. The molecule has 1 saturated carbocycles. The Bertz CT molecular complexity index is 1020. The number of carbonyl (C=O) groups is 2. The molecule has 0 bridgehead atoms. The molecule has 4 rings (SSSR count). The lowest BCUT2D eigenvalue weighted by Crippen LogP contribution is -2.43. The Morgan fingerprint density at radius 1 is 1.07 bits per heavy atom. The quantitative estimate of drug-likeness (QED) is 0.573. The number of hydrogen-bond acceptors (Lipinski definition) is 3. The summed E-state index contributed by atoms with van der Waals surface area (Å²) >= 11 is 0. The molecule has 1 aliphatic carbocycles. The summed E-state index contributed by atoms with van der Waals surface area (Å²) in [6.07, 6.45) is 5.46. The van der Waals surface area contributed by atoms with Crippen molar-refractivity contribution in [1.82, 2.24) is 14.4 Å². The number of amides is 2. The summed E-state index contributed by atoms with van der Waals surface area (Å²) in [5, 5.41) is 0. The van der Waals surface area contributed by atoms with Gasteiger partial charge in [-0.05, 0) is 55.7 Å². The van der Waals surface area contributed by atoms with Crippen LogP contribution in [0.4, 0.5) is 0 Å². The summed E-state index contributed by atoms with van der Waals surface area (Å²) in [5.41, 5.74) is 2.62. The average Bonchev–Trinajstić information content (AvgIpc) is 3.30. The number of aryl methyl sites for hydroxylation is 2. The van der Waals surface area contributed by atoms with Gasteiger partial charge in [-0.3, -0.25) is 9.59 Å². The molecule has 1 fully saturated rings. The van der Waals surface area contributed by atoms with E-state index in [4.69, 9.17) is 4.42 Å². The molecule has 0 radical (unpaired) electrons. The van der Waals surface area contributed by atoms with Gasteiger partial charge in [-0.2, -0.15) is 0 Å². The summed E-state index contributed by atoms with van der Waals surface area (Å²) < 4.78 is 7.48. The van der Waals surface area contributed by atoms with Crippen LogP contribution in [0.3, 0.4) is 0 Å². The van der Waals surface area contributed by atoms with Gasteiger partial charge in [0, 0.05) is 30.5 Å². The monoisotopic (exact) mass is 405 g/mol. The molecule has 0 spiro atoms. The number of furan rings is 1. The van der Waals surface area contributed by atoms with Gasteiger partial charge in [-0.1, -0.05) is 18.2 Å². The second-order valence-corrected chi connectivity index (χ2v) is 7.92. The average molecular weight is 405 g/mol. The molecule has 3 aromatic rings. The fourth-order valence-corrected chi connectivity index (χ4v) is 3.65. The van der Waals surface area contributed by atoms with Gasteiger partial charge < -0.3 is 18.8 Å². The Kier molecular flexibility index (Phi) is 5.74. The van der Waals surface area contributed by atoms with Crippen LogP contribution in [0, 0.1) is 6.92 Å². The van der Waals surface area contributed by atoms with E-state index in [1.54, 1.807) is 16.1 Å². The standard InChI is InChI=1S/C24H27N3O3/c1-18-7-3-4-10-22(18)24(29)27(19-11-12-19)17-23(28)26(16-21-9-6-14-30-21)15-20-8-5-13-25(20)2/h3-10,13-14,19H,11-12,15-17H2,1-2H3. The zero-order valence-electron chi connectivity index (χ0n) is 17.5. The van der Waals surface area contributed by atoms with Gasteiger partial charge in [0.2, 0.25) is 5.91 Å². The van der Waals surface area contributed by atoms with Crippen LogP contribution in [0.25, 0.3) is 0 Å². The molecule has 1 aliphatic rings. The first-order valence-corrected chi connectivity index (χ1v) is 10.3. The summed E-state index contributed by atoms with van der Waals surface area (Å²) in [6.45, 7) is 2.83. The lowest BCUT2D eigenvalue weighted by molar-refractivity contribution is -0.133. The van der Waals surface area contributed by atoms with Crippen LogP contribution < -0.4 is 0 Å². The molecular formula is C24H27N3O3. The van der Waals surface area contributed by atoms with Crippen LogP contribution in [-0.2, 0) is 24.9 Å². The third kappa shape index (κ3) is 4.48. The fraction of sp³-hybridized carbons (Fsp3) is 0.333. The van der Waals surface area contributed by atoms with Crippen molar-refractivity contribution in [2.45, 2.75) is 38.9 Å². The van der Waals surface area contributed by atoms with Gasteiger partial charge in [-0.15, -0.1) is 0 Å². The van der Waals surface area contributed by atoms with Crippen LogP contribution in [0.1, 0.15) is 40.2 Å². The lowest BCUT2D eigenvalue weighted by atomic mass is 10.1. The third-order valence-corrected chi connectivity index (χ3v) is 5.61. The molecule has 6 nitrogen and oxygen atoms in total. The predicted octanol–water partition coefficient (Wildman–Crippen LogP) is 3.76. The maximum absolute atomic E-state index is 13.4. The molecule has 2 heterocycles. The van der Waals surface area contributed by atoms with Gasteiger partial charge in [0.25, 0.3) is 5.91 Å². The topological polar surface area (TPSA) is 58.7 Å². The van der Waals surface area contributed by atoms with E-state index in [-0.39, 0.29) is 24.4 Å². The van der Waals surface area contributed by atoms with Crippen molar-refractivity contribution >= 4 is 11.8 Å². The summed E-state index contributed by atoms with van der Waals surface area (Å²) in [7, 11) is 1.96. The van der Waals surface area contributed by atoms with E-state index in [1.165, 1.54) is 0 Å². The summed E-state index contributed by atoms with van der Waals surface area (Å²) in [4.78, 5) is 30.1. The number of aromatic nitrogens is 1. The first-order valence-electron chi connectivity index (χ1n) is 10.3. The second-order valence-electron chi connectivity index (χ2n) is 7.92. The molecule has 0 unspecified atom stereocenters. The highest BCUT2D eigenvalue weighted by Gasteiger charge is 2.35. The van der Waals surface area contributed by atoms with E-state index in [1.807, 2.05) is 73.3 Å². The minimum atomic E-state index is -0.0820. The third-order valence-electron chi connectivity index (χ3n) is 5.61. The summed E-state index contributed by atoms with van der Waals surface area (Å²) in [5.74, 6) is 0.572. The van der Waals surface area contributed by atoms with Crippen LogP contribution in [-0.4, -0.2) is 38.8 Å². The van der Waals surface area contributed by atoms with Gasteiger partial charge in [-0.25, -0.2) is 0 Å². The van der Waals surface area contributed by atoms with Gasteiger partial charge >= 0.3 is 0 Å². The molecule has 0 saturated heterocycles. The molecule has 30 heavy (non-hydrogen) atoms. The minimum Gasteiger partial charge on any atom is -0.467 e. The van der Waals surface area contributed by atoms with Gasteiger partial charge in [0.05, 0.1) is 19.4 Å². The largest absolute Gasteiger partial charge is 0.467 e. The van der Waals surface area contributed by atoms with Gasteiger partial charge in [0.15, 0.2) is 0 Å². The van der Waals surface area contributed by atoms with E-state index in [9.17, 15) is 9.59 Å². The molecule has 0 N–H and O–H groups in total. The SMILES string of the molecule is Cc1ccccc1C(=O)N(CC(=O)N(Cc1ccco1)Cc1cccn1C)C1CC1. The smallest absolute Gasteiger partial charge is 0.254 e. The highest BCUT2D eigenvalue weighted by atomic mass is 16.3. The van der Waals surface area contributed by atoms with E-state index in [0.717, 1.165) is 29.9 Å². The van der Waals surface area contributed by atoms with Crippen LogP contribution >= 0.6 is 0 Å². The maximum atomic E-state index is 13.4. The van der Waals surface area contributed by atoms with Gasteiger partial charge in [0.1, 0.15) is 12.3 Å². The molecule has 0 aliphatic heterocycles. The maximum Gasteiger partial charge on any atom is 0.254 e. The van der Waals surface area contributed by atoms with Crippen LogP contribution in [0.15, 0.2) is 65.4 Å². The Morgan fingerprint density at radius 3 is 2.50 bits per heavy atom. The zero-order valence-corrected chi connectivity index (χ0v) is 17.5. The van der Waals surface area contributed by atoms with E-state index < -0.39 is 0 Å². The highest BCUT2D eigenvalue weighted by molar-refractivity contribution is 5.98. The highest BCUT2D eigenvalue weighted by Crippen LogP contribution is 2.29. The normalized spacial score (nSPS) is 13.3. The van der Waals surface area contributed by atoms with Crippen LogP contribution in [0.2, 0.25) is 0 Å². The summed E-state index contributed by atoms with van der Waals surface area (Å²) in [6, 6.07) is 15.3. The van der Waals surface area contributed by atoms with Crippen molar-refractivity contribution in [3.8, 4) is 0 Å². The van der Waals surface area contributed by atoms with E-state index >= 15 is 0 Å². The molecule has 6 heteroatoms. The molecule has 156 valence electrons. The number of hydrogen-bond donors (Lipinski definition) is 0. The Balaban J connectivity index is 1.54. The van der Waals surface area contributed by atoms with E-state index in [0.29, 0.717) is 18.7 Å². The lowest BCUT2D eigenvalue weighted by Gasteiger charge is -2.28. The number of nitrogens with zero attached hydrogens (tertiary/aromatic N) is 3. The van der Waals surface area contributed by atoms with Crippen molar-refractivity contribution in [3.05, 3.63) is 83.6 Å². The van der Waals surface area contributed by atoms with Crippen molar-refractivity contribution in [3.63, 3.8) is 0 Å². The van der Waals surface area contributed by atoms with Crippen molar-refractivity contribution in [2.75, 3.05) is 6.54 Å². The molecule has 2 amide bonds. The number of rotatable bonds is 8. The molecule has 2 aromatic heterocycles. The molecular weight excluding hydrogens is 378 g/mol. The number of carbonyl (C=O) groups excluding carboxylic acids is 2. The number of benzene rings is 1. The van der Waals surface area contributed by atoms with E-state index in [2.05, 4.69) is 0 Å². The Morgan fingerprint density at radius 2 is 1.87 bits per heavy atom. The first kappa shape index (κ1) is 20.0. The molecule has 1 aromatic carbocycles. The molecule has 0 atom stereocenters. The Labute approximate surface area is 176 Å². The van der Waals surface area contributed by atoms with Crippen molar-refractivity contribution < 1.29 is 14.0 Å². The zero-order chi connectivity index (χ0) is 21.1. The van der Waals surface area contributed by atoms with Crippen molar-refractivity contribution in [1.29, 1.82) is 0 Å². The minimum absolute atomic E-state index is 0.0687. The predicted molar refractivity (Wildman–Crippen MR) is 114 cm³/mol. The van der Waals surface area contributed by atoms with Crippen molar-refractivity contribution in [2.24, 2.45) is 7.05 Å².